The third-order valence-electron chi connectivity index (χ3n) is 2.57. The molecule has 0 fully saturated rings. The lowest BCUT2D eigenvalue weighted by molar-refractivity contribution is 0.200. The molecule has 1 heterocycles. The SMILES string of the molecule is COCC(C)S(=O)(=O)c1nc2ccc(N)cc2s1. The first-order valence-electron chi connectivity index (χ1n) is 5.34. The summed E-state index contributed by atoms with van der Waals surface area (Å²) in [5.74, 6) is 0. The van der Waals surface area contributed by atoms with Gasteiger partial charge in [0.1, 0.15) is 0 Å². The fourth-order valence-electron chi connectivity index (χ4n) is 1.54. The van der Waals surface area contributed by atoms with E-state index < -0.39 is 15.1 Å². The van der Waals surface area contributed by atoms with Gasteiger partial charge in [0, 0.05) is 12.8 Å². The quantitative estimate of drug-likeness (QED) is 0.865. The van der Waals surface area contributed by atoms with Gasteiger partial charge in [-0.2, -0.15) is 0 Å². The highest BCUT2D eigenvalue weighted by atomic mass is 32.2. The van der Waals surface area contributed by atoms with E-state index >= 15 is 0 Å². The molecule has 1 atom stereocenters. The molecule has 0 spiro atoms. The topological polar surface area (TPSA) is 82.3 Å². The molecule has 18 heavy (non-hydrogen) atoms. The summed E-state index contributed by atoms with van der Waals surface area (Å²) in [5, 5.41) is -0.611. The maximum Gasteiger partial charge on any atom is 0.210 e. The molecule has 7 heteroatoms. The standard InChI is InChI=1S/C11H14N2O3S2/c1-7(6-16-2)18(14,15)11-13-9-4-3-8(12)5-10(9)17-11/h3-5,7H,6,12H2,1-2H3. The Morgan fingerprint density at radius 2 is 2.22 bits per heavy atom. The van der Waals surface area contributed by atoms with Crippen LogP contribution >= 0.6 is 11.3 Å². The lowest BCUT2D eigenvalue weighted by Gasteiger charge is -2.08. The van der Waals surface area contributed by atoms with Crippen LogP contribution in [0, 0.1) is 0 Å². The number of thiazole rings is 1. The lowest BCUT2D eigenvalue weighted by atomic mass is 10.3. The predicted molar refractivity (Wildman–Crippen MR) is 72.6 cm³/mol. The molecule has 1 aromatic carbocycles. The van der Waals surface area contributed by atoms with E-state index in [1.54, 1.807) is 25.1 Å². The molecule has 5 nitrogen and oxygen atoms in total. The van der Waals surface area contributed by atoms with Crippen LogP contribution in [0.25, 0.3) is 10.2 Å². The first-order chi connectivity index (χ1) is 8.45. The summed E-state index contributed by atoms with van der Waals surface area (Å²) in [5.41, 5.74) is 6.91. The maximum atomic E-state index is 12.2. The van der Waals surface area contributed by atoms with E-state index in [1.807, 2.05) is 0 Å². The van der Waals surface area contributed by atoms with Crippen molar-refractivity contribution < 1.29 is 13.2 Å². The van der Waals surface area contributed by atoms with Gasteiger partial charge in [0.05, 0.1) is 22.1 Å². The molecule has 0 radical (unpaired) electrons. The lowest BCUT2D eigenvalue weighted by Crippen LogP contribution is -2.22. The number of ether oxygens (including phenoxy) is 1. The molecule has 2 rings (SSSR count). The minimum Gasteiger partial charge on any atom is -0.399 e. The number of methoxy groups -OCH3 is 1. The summed E-state index contributed by atoms with van der Waals surface area (Å²) >= 11 is 1.14. The Bertz CT molecular complexity index is 664. The number of sulfone groups is 1. The van der Waals surface area contributed by atoms with Crippen LogP contribution in [0.15, 0.2) is 22.5 Å². The van der Waals surface area contributed by atoms with E-state index in [1.165, 1.54) is 7.11 Å². The number of nitrogens with zero attached hydrogens (tertiary/aromatic N) is 1. The van der Waals surface area contributed by atoms with Gasteiger partial charge < -0.3 is 10.5 Å². The molecule has 0 aliphatic rings. The highest BCUT2D eigenvalue weighted by Crippen LogP contribution is 2.29. The molecule has 0 amide bonds. The van der Waals surface area contributed by atoms with Crippen LogP contribution in [-0.2, 0) is 14.6 Å². The average molecular weight is 286 g/mol. The van der Waals surface area contributed by atoms with Crippen molar-refractivity contribution in [1.29, 1.82) is 0 Å². The van der Waals surface area contributed by atoms with Crippen molar-refractivity contribution in [3.63, 3.8) is 0 Å². The summed E-state index contributed by atoms with van der Waals surface area (Å²) in [7, 11) is -1.96. The van der Waals surface area contributed by atoms with E-state index in [4.69, 9.17) is 10.5 Å². The number of fused-ring (bicyclic) bond motifs is 1. The van der Waals surface area contributed by atoms with E-state index in [9.17, 15) is 8.42 Å². The van der Waals surface area contributed by atoms with Gasteiger partial charge in [-0.05, 0) is 25.1 Å². The molecule has 2 aromatic rings. The largest absolute Gasteiger partial charge is 0.399 e. The number of hydrogen-bond acceptors (Lipinski definition) is 6. The van der Waals surface area contributed by atoms with Gasteiger partial charge in [0.15, 0.2) is 0 Å². The van der Waals surface area contributed by atoms with Gasteiger partial charge >= 0.3 is 0 Å². The second-order valence-corrected chi connectivity index (χ2v) is 7.59. The van der Waals surface area contributed by atoms with Crippen molar-refractivity contribution in [2.45, 2.75) is 16.5 Å². The van der Waals surface area contributed by atoms with Crippen molar-refractivity contribution in [2.24, 2.45) is 0 Å². The number of anilines is 1. The highest BCUT2D eigenvalue weighted by molar-refractivity contribution is 7.94. The molecular formula is C11H14N2O3S2. The van der Waals surface area contributed by atoms with Crippen LogP contribution in [0.4, 0.5) is 5.69 Å². The Hall–Kier alpha value is -1.18. The van der Waals surface area contributed by atoms with E-state index in [-0.39, 0.29) is 10.9 Å². The zero-order valence-corrected chi connectivity index (χ0v) is 11.7. The van der Waals surface area contributed by atoms with Gasteiger partial charge in [-0.1, -0.05) is 0 Å². The number of rotatable bonds is 4. The van der Waals surface area contributed by atoms with Crippen LogP contribution in [0.1, 0.15) is 6.92 Å². The Morgan fingerprint density at radius 1 is 1.50 bits per heavy atom. The first kappa shape index (κ1) is 13.3. The van der Waals surface area contributed by atoms with Gasteiger partial charge in [-0.3, -0.25) is 0 Å². The van der Waals surface area contributed by atoms with Crippen molar-refractivity contribution in [3.8, 4) is 0 Å². The normalized spacial score (nSPS) is 13.9. The van der Waals surface area contributed by atoms with Crippen molar-refractivity contribution in [3.05, 3.63) is 18.2 Å². The van der Waals surface area contributed by atoms with Gasteiger partial charge in [0.2, 0.25) is 14.2 Å². The van der Waals surface area contributed by atoms with Crippen LogP contribution in [-0.4, -0.2) is 32.4 Å². The number of aromatic nitrogens is 1. The molecule has 1 aromatic heterocycles. The fourth-order valence-corrected chi connectivity index (χ4v) is 4.40. The molecule has 0 saturated heterocycles. The Labute approximate surface area is 110 Å². The number of nitrogen functional groups attached to an aromatic ring is 1. The van der Waals surface area contributed by atoms with E-state index in [2.05, 4.69) is 4.98 Å². The average Bonchev–Trinajstić information content (AvgIpc) is 2.72. The summed E-state index contributed by atoms with van der Waals surface area (Å²) < 4.78 is 30.2. The number of nitrogens with two attached hydrogens (primary N) is 1. The summed E-state index contributed by atoms with van der Waals surface area (Å²) in [6.07, 6.45) is 0. The third kappa shape index (κ3) is 2.33. The second-order valence-electron chi connectivity index (χ2n) is 4.02. The van der Waals surface area contributed by atoms with Crippen LogP contribution in [0.5, 0.6) is 0 Å². The van der Waals surface area contributed by atoms with Crippen molar-refractivity contribution >= 4 is 37.1 Å². The predicted octanol–water partition coefficient (Wildman–Crippen LogP) is 1.69. The highest BCUT2D eigenvalue weighted by Gasteiger charge is 2.26. The summed E-state index contributed by atoms with van der Waals surface area (Å²) in [4.78, 5) is 4.15. The smallest absolute Gasteiger partial charge is 0.210 e. The van der Waals surface area contributed by atoms with Gasteiger partial charge in [0.25, 0.3) is 0 Å². The molecule has 0 aliphatic carbocycles. The fraction of sp³-hybridized carbons (Fsp3) is 0.364. The Kier molecular flexibility index (Phi) is 3.56. The Balaban J connectivity index is 2.48. The van der Waals surface area contributed by atoms with Crippen LogP contribution in [0.2, 0.25) is 0 Å². The van der Waals surface area contributed by atoms with Gasteiger partial charge in [-0.25, -0.2) is 13.4 Å². The summed E-state index contributed by atoms with van der Waals surface area (Å²) in [6, 6.07) is 5.16. The van der Waals surface area contributed by atoms with Crippen molar-refractivity contribution in [2.75, 3.05) is 19.5 Å². The minimum absolute atomic E-state index is 0.118. The van der Waals surface area contributed by atoms with Crippen LogP contribution in [0.3, 0.4) is 0 Å². The Morgan fingerprint density at radius 3 is 2.89 bits per heavy atom. The number of hydrogen-bond donors (Lipinski definition) is 1. The first-order valence-corrected chi connectivity index (χ1v) is 7.70. The zero-order chi connectivity index (χ0) is 13.3. The molecular weight excluding hydrogens is 272 g/mol. The van der Waals surface area contributed by atoms with E-state index in [0.29, 0.717) is 11.2 Å². The third-order valence-corrected chi connectivity index (χ3v) is 6.10. The molecule has 98 valence electrons. The molecule has 0 bridgehead atoms. The minimum atomic E-state index is -3.43. The maximum absolute atomic E-state index is 12.2. The summed E-state index contributed by atoms with van der Waals surface area (Å²) in [6.45, 7) is 1.76. The molecule has 0 saturated carbocycles. The monoisotopic (exact) mass is 286 g/mol. The van der Waals surface area contributed by atoms with E-state index in [0.717, 1.165) is 16.0 Å². The molecule has 0 aliphatic heterocycles. The zero-order valence-electron chi connectivity index (χ0n) is 10.1. The molecule has 1 unspecified atom stereocenters. The second kappa shape index (κ2) is 4.83. The van der Waals surface area contributed by atoms with Crippen LogP contribution < -0.4 is 5.73 Å². The van der Waals surface area contributed by atoms with Gasteiger partial charge in [-0.15, -0.1) is 11.3 Å². The molecule has 2 N–H and O–H groups in total. The number of benzene rings is 1. The van der Waals surface area contributed by atoms with Crippen molar-refractivity contribution in [1.82, 2.24) is 4.98 Å².